The van der Waals surface area contributed by atoms with E-state index in [0.717, 1.165) is 49.7 Å². The summed E-state index contributed by atoms with van der Waals surface area (Å²) in [4.78, 5) is 0. The fraction of sp³-hybridized carbons (Fsp3) is 0.647. The topological polar surface area (TPSA) is 66.5 Å². The molecule has 0 aliphatic heterocycles. The van der Waals surface area contributed by atoms with E-state index in [0.29, 0.717) is 18.0 Å². The van der Waals surface area contributed by atoms with E-state index in [1.165, 1.54) is 6.42 Å². The van der Waals surface area contributed by atoms with Crippen molar-refractivity contribution in [2.75, 3.05) is 6.54 Å². The molecular weight excluding hydrogens is 286 g/mol. The third-order valence-electron chi connectivity index (χ3n) is 4.52. The Hall–Kier alpha value is -0.610. The lowest BCUT2D eigenvalue weighted by Gasteiger charge is -2.32. The Morgan fingerprint density at radius 1 is 1.24 bits per heavy atom. The van der Waals surface area contributed by atoms with E-state index < -0.39 is 11.7 Å². The molecule has 0 heterocycles. The van der Waals surface area contributed by atoms with Gasteiger partial charge in [-0.25, -0.2) is 0 Å². The van der Waals surface area contributed by atoms with Crippen LogP contribution in [-0.2, 0) is 6.42 Å². The summed E-state index contributed by atoms with van der Waals surface area (Å²) in [6.07, 6.45) is 6.78. The molecule has 1 fully saturated rings. The van der Waals surface area contributed by atoms with Gasteiger partial charge in [0.25, 0.3) is 0 Å². The van der Waals surface area contributed by atoms with Gasteiger partial charge in [-0.1, -0.05) is 43.0 Å². The summed E-state index contributed by atoms with van der Waals surface area (Å²) in [6.45, 7) is 0.432. The van der Waals surface area contributed by atoms with Gasteiger partial charge in [-0.05, 0) is 55.8 Å². The fourth-order valence-corrected chi connectivity index (χ4v) is 3.40. The third kappa shape index (κ3) is 4.68. The van der Waals surface area contributed by atoms with E-state index >= 15 is 0 Å². The van der Waals surface area contributed by atoms with Crippen LogP contribution < -0.4 is 5.73 Å². The number of nitrogens with two attached hydrogens (primary N) is 1. The summed E-state index contributed by atoms with van der Waals surface area (Å²) in [6, 6.07) is 5.76. The zero-order chi connectivity index (χ0) is 15.3. The molecule has 1 saturated carbocycles. The molecule has 0 saturated heterocycles. The van der Waals surface area contributed by atoms with Crippen molar-refractivity contribution in [3.63, 3.8) is 0 Å². The summed E-state index contributed by atoms with van der Waals surface area (Å²) in [5.74, 6) is 0. The molecular formula is C17H26ClNO2. The first kappa shape index (κ1) is 16.8. The highest BCUT2D eigenvalue weighted by atomic mass is 35.5. The predicted molar refractivity (Wildman–Crippen MR) is 86.4 cm³/mol. The monoisotopic (exact) mass is 311 g/mol. The summed E-state index contributed by atoms with van der Waals surface area (Å²) >= 11 is 6.15. The zero-order valence-electron chi connectivity index (χ0n) is 12.5. The second-order valence-corrected chi connectivity index (χ2v) is 6.64. The predicted octanol–water partition coefficient (Wildman–Crippen LogP) is 3.35. The molecule has 1 aliphatic carbocycles. The highest BCUT2D eigenvalue weighted by Crippen LogP contribution is 2.33. The Balaban J connectivity index is 2.01. The van der Waals surface area contributed by atoms with Crippen molar-refractivity contribution < 1.29 is 10.2 Å². The summed E-state index contributed by atoms with van der Waals surface area (Å²) in [7, 11) is 0. The quantitative estimate of drug-likeness (QED) is 0.754. The van der Waals surface area contributed by atoms with E-state index in [1.54, 1.807) is 0 Å². The molecule has 1 aromatic rings. The molecule has 1 unspecified atom stereocenters. The van der Waals surface area contributed by atoms with Crippen LogP contribution in [0.4, 0.5) is 0 Å². The van der Waals surface area contributed by atoms with E-state index in [9.17, 15) is 10.2 Å². The zero-order valence-corrected chi connectivity index (χ0v) is 13.3. The maximum absolute atomic E-state index is 10.6. The van der Waals surface area contributed by atoms with Gasteiger partial charge in [0.1, 0.15) is 0 Å². The molecule has 21 heavy (non-hydrogen) atoms. The molecule has 118 valence electrons. The summed E-state index contributed by atoms with van der Waals surface area (Å²) in [5, 5.41) is 21.2. The van der Waals surface area contributed by atoms with Crippen LogP contribution in [0.2, 0.25) is 5.02 Å². The first-order valence-corrected chi connectivity index (χ1v) is 8.31. The maximum atomic E-state index is 10.6. The number of hydrogen-bond donors (Lipinski definition) is 3. The molecule has 0 spiro atoms. The fourth-order valence-electron chi connectivity index (χ4n) is 3.15. The van der Waals surface area contributed by atoms with Crippen LogP contribution in [0.15, 0.2) is 18.2 Å². The summed E-state index contributed by atoms with van der Waals surface area (Å²) < 4.78 is 0. The van der Waals surface area contributed by atoms with Crippen LogP contribution >= 0.6 is 11.6 Å². The van der Waals surface area contributed by atoms with Crippen LogP contribution in [0.25, 0.3) is 0 Å². The Morgan fingerprint density at radius 3 is 2.62 bits per heavy atom. The van der Waals surface area contributed by atoms with Crippen molar-refractivity contribution in [1.82, 2.24) is 0 Å². The van der Waals surface area contributed by atoms with E-state index in [4.69, 9.17) is 17.3 Å². The van der Waals surface area contributed by atoms with Crippen LogP contribution in [0.1, 0.15) is 62.2 Å². The summed E-state index contributed by atoms with van der Waals surface area (Å²) in [5.41, 5.74) is 6.85. The molecule has 0 radical (unpaired) electrons. The molecule has 4 N–H and O–H groups in total. The normalized spacial score (nSPS) is 19.4. The largest absolute Gasteiger partial charge is 0.390 e. The van der Waals surface area contributed by atoms with Crippen LogP contribution in [-0.4, -0.2) is 22.4 Å². The van der Waals surface area contributed by atoms with Crippen LogP contribution in [0, 0.1) is 0 Å². The van der Waals surface area contributed by atoms with Gasteiger partial charge in [0.2, 0.25) is 0 Å². The number of aryl methyl sites for hydroxylation is 1. The van der Waals surface area contributed by atoms with E-state index in [2.05, 4.69) is 0 Å². The number of aliphatic hydroxyl groups excluding tert-OH is 1. The van der Waals surface area contributed by atoms with Gasteiger partial charge in [-0.3, -0.25) is 0 Å². The van der Waals surface area contributed by atoms with Gasteiger partial charge >= 0.3 is 0 Å². The van der Waals surface area contributed by atoms with Crippen molar-refractivity contribution in [2.45, 2.75) is 63.1 Å². The van der Waals surface area contributed by atoms with Crippen molar-refractivity contribution in [1.29, 1.82) is 0 Å². The maximum Gasteiger partial charge on any atom is 0.0816 e. The lowest BCUT2D eigenvalue weighted by Crippen LogP contribution is -2.31. The number of rotatable bonds is 6. The van der Waals surface area contributed by atoms with Crippen molar-refractivity contribution >= 4 is 11.6 Å². The number of aliphatic hydroxyl groups is 2. The Labute approximate surface area is 132 Å². The van der Waals surface area contributed by atoms with Gasteiger partial charge in [0.15, 0.2) is 0 Å². The van der Waals surface area contributed by atoms with E-state index in [-0.39, 0.29) is 0 Å². The second-order valence-electron chi connectivity index (χ2n) is 6.23. The average molecular weight is 312 g/mol. The smallest absolute Gasteiger partial charge is 0.0816 e. The van der Waals surface area contributed by atoms with Gasteiger partial charge in [0, 0.05) is 5.02 Å². The molecule has 4 heteroatoms. The average Bonchev–Trinajstić information content (AvgIpc) is 2.47. The third-order valence-corrected chi connectivity index (χ3v) is 4.87. The van der Waals surface area contributed by atoms with Gasteiger partial charge in [-0.2, -0.15) is 0 Å². The second kappa shape index (κ2) is 7.59. The molecule has 1 aromatic carbocycles. The molecule has 0 bridgehead atoms. The van der Waals surface area contributed by atoms with Gasteiger partial charge < -0.3 is 15.9 Å². The van der Waals surface area contributed by atoms with Crippen molar-refractivity contribution in [2.24, 2.45) is 5.73 Å². The molecule has 0 aromatic heterocycles. The first-order chi connectivity index (χ1) is 10.0. The molecule has 0 amide bonds. The van der Waals surface area contributed by atoms with Crippen molar-refractivity contribution in [3.8, 4) is 0 Å². The van der Waals surface area contributed by atoms with Gasteiger partial charge in [-0.15, -0.1) is 0 Å². The lowest BCUT2D eigenvalue weighted by atomic mass is 9.81. The first-order valence-electron chi connectivity index (χ1n) is 7.93. The number of halogens is 1. The minimum absolute atomic E-state index is 0.432. The Morgan fingerprint density at radius 2 is 1.95 bits per heavy atom. The Bertz CT molecular complexity index is 458. The standard InChI is InChI=1S/C17H26ClNO2/c18-15-5-4-13(12-14(15)16(20)7-11-19)6-10-17(21)8-2-1-3-9-17/h4-5,12,16,20-21H,1-3,6-11,19H2. The molecule has 1 atom stereocenters. The highest BCUT2D eigenvalue weighted by Gasteiger charge is 2.28. The van der Waals surface area contributed by atoms with Crippen molar-refractivity contribution in [3.05, 3.63) is 34.3 Å². The minimum atomic E-state index is -0.611. The van der Waals surface area contributed by atoms with Crippen LogP contribution in [0.5, 0.6) is 0 Å². The molecule has 2 rings (SSSR count). The number of benzene rings is 1. The highest BCUT2D eigenvalue weighted by molar-refractivity contribution is 6.31. The van der Waals surface area contributed by atoms with E-state index in [1.807, 2.05) is 18.2 Å². The SMILES string of the molecule is NCCC(O)c1cc(CCC2(O)CCCCC2)ccc1Cl. The minimum Gasteiger partial charge on any atom is -0.390 e. The lowest BCUT2D eigenvalue weighted by molar-refractivity contribution is -0.00342. The van der Waals surface area contributed by atoms with Gasteiger partial charge in [0.05, 0.1) is 11.7 Å². The Kier molecular flexibility index (Phi) is 6.06. The number of hydrogen-bond acceptors (Lipinski definition) is 3. The van der Waals surface area contributed by atoms with Crippen LogP contribution in [0.3, 0.4) is 0 Å². The molecule has 3 nitrogen and oxygen atoms in total. The molecule has 1 aliphatic rings.